The lowest BCUT2D eigenvalue weighted by atomic mass is 10.3. The molecule has 0 atom stereocenters. The molecule has 3 rings (SSSR count). The van der Waals surface area contributed by atoms with Crippen LogP contribution in [0.3, 0.4) is 0 Å². The van der Waals surface area contributed by atoms with Gasteiger partial charge in [-0.2, -0.15) is 0 Å². The molecule has 7 heteroatoms. The van der Waals surface area contributed by atoms with Gasteiger partial charge in [0.15, 0.2) is 11.2 Å². The Morgan fingerprint density at radius 1 is 1.09 bits per heavy atom. The molecule has 114 valence electrons. The summed E-state index contributed by atoms with van der Waals surface area (Å²) in [6.07, 6.45) is 1.58. The molecular formula is C15H15ClN4O2. The Hall–Kier alpha value is -2.34. The molecule has 0 radical (unpaired) electrons. The van der Waals surface area contributed by atoms with Crippen molar-refractivity contribution in [3.8, 4) is 5.69 Å². The first kappa shape index (κ1) is 14.6. The van der Waals surface area contributed by atoms with Crippen LogP contribution in [0, 0.1) is 0 Å². The van der Waals surface area contributed by atoms with Gasteiger partial charge in [0.05, 0.1) is 12.0 Å². The Morgan fingerprint density at radius 2 is 1.77 bits per heavy atom. The van der Waals surface area contributed by atoms with Gasteiger partial charge < -0.3 is 4.57 Å². The summed E-state index contributed by atoms with van der Waals surface area (Å²) in [7, 11) is 0. The number of aryl methyl sites for hydroxylation is 1. The third kappa shape index (κ3) is 2.07. The van der Waals surface area contributed by atoms with Crippen molar-refractivity contribution < 1.29 is 0 Å². The van der Waals surface area contributed by atoms with Gasteiger partial charge >= 0.3 is 5.69 Å². The zero-order valence-electron chi connectivity index (χ0n) is 12.3. The Labute approximate surface area is 131 Å². The number of rotatable bonds is 3. The Bertz CT molecular complexity index is 951. The van der Waals surface area contributed by atoms with Gasteiger partial charge in [0.1, 0.15) is 0 Å². The van der Waals surface area contributed by atoms with E-state index in [1.807, 2.05) is 6.92 Å². The van der Waals surface area contributed by atoms with Crippen molar-refractivity contribution in [3.05, 3.63) is 56.5 Å². The van der Waals surface area contributed by atoms with Crippen LogP contribution in [-0.4, -0.2) is 18.7 Å². The van der Waals surface area contributed by atoms with Crippen molar-refractivity contribution in [1.29, 1.82) is 0 Å². The summed E-state index contributed by atoms with van der Waals surface area (Å²) < 4.78 is 4.41. The van der Waals surface area contributed by atoms with Crippen molar-refractivity contribution >= 4 is 22.8 Å². The van der Waals surface area contributed by atoms with Crippen LogP contribution in [0.2, 0.25) is 5.02 Å². The third-order valence-electron chi connectivity index (χ3n) is 3.64. The maximum absolute atomic E-state index is 12.7. The van der Waals surface area contributed by atoms with E-state index in [9.17, 15) is 9.59 Å². The number of imidazole rings is 1. The number of benzene rings is 1. The molecule has 0 bridgehead atoms. The van der Waals surface area contributed by atoms with Crippen LogP contribution in [0.15, 0.2) is 40.2 Å². The molecule has 0 fully saturated rings. The van der Waals surface area contributed by atoms with Gasteiger partial charge in [-0.25, -0.2) is 14.3 Å². The second-order valence-electron chi connectivity index (χ2n) is 4.85. The van der Waals surface area contributed by atoms with Gasteiger partial charge in [-0.05, 0) is 38.1 Å². The highest BCUT2D eigenvalue weighted by Gasteiger charge is 2.17. The predicted molar refractivity (Wildman–Crippen MR) is 85.9 cm³/mol. The highest BCUT2D eigenvalue weighted by atomic mass is 35.5. The molecule has 22 heavy (non-hydrogen) atoms. The molecule has 0 aliphatic heterocycles. The van der Waals surface area contributed by atoms with Crippen molar-refractivity contribution in [2.45, 2.75) is 26.9 Å². The fourth-order valence-corrected chi connectivity index (χ4v) is 2.65. The van der Waals surface area contributed by atoms with E-state index in [2.05, 4.69) is 4.98 Å². The minimum atomic E-state index is -0.399. The highest BCUT2D eigenvalue weighted by molar-refractivity contribution is 6.30. The predicted octanol–water partition coefficient (Wildman–Crippen LogP) is 2.04. The molecule has 1 aromatic carbocycles. The van der Waals surface area contributed by atoms with Crippen LogP contribution in [0.4, 0.5) is 0 Å². The van der Waals surface area contributed by atoms with E-state index in [0.29, 0.717) is 35.0 Å². The molecule has 0 amide bonds. The molecule has 0 spiro atoms. The van der Waals surface area contributed by atoms with Gasteiger partial charge in [0.25, 0.3) is 5.56 Å². The molecule has 0 unspecified atom stereocenters. The summed E-state index contributed by atoms with van der Waals surface area (Å²) in [4.78, 5) is 29.5. The fraction of sp³-hybridized carbons (Fsp3) is 0.267. The molecule has 0 saturated heterocycles. The third-order valence-corrected chi connectivity index (χ3v) is 3.89. The Morgan fingerprint density at radius 3 is 2.36 bits per heavy atom. The summed E-state index contributed by atoms with van der Waals surface area (Å²) in [5.41, 5.74) is 0.710. The normalized spacial score (nSPS) is 11.2. The number of fused-ring (bicyclic) bond motifs is 1. The average Bonchev–Trinajstić information content (AvgIpc) is 2.93. The van der Waals surface area contributed by atoms with E-state index in [-0.39, 0.29) is 5.56 Å². The maximum atomic E-state index is 12.7. The van der Waals surface area contributed by atoms with Crippen molar-refractivity contribution in [2.24, 2.45) is 0 Å². The van der Waals surface area contributed by atoms with Crippen LogP contribution >= 0.6 is 11.6 Å². The highest BCUT2D eigenvalue weighted by Crippen LogP contribution is 2.15. The van der Waals surface area contributed by atoms with E-state index in [0.717, 1.165) is 0 Å². The average molecular weight is 319 g/mol. The number of hydrogen-bond acceptors (Lipinski definition) is 3. The molecule has 2 heterocycles. The van der Waals surface area contributed by atoms with Crippen molar-refractivity contribution in [1.82, 2.24) is 18.7 Å². The van der Waals surface area contributed by atoms with Gasteiger partial charge in [-0.3, -0.25) is 9.36 Å². The van der Waals surface area contributed by atoms with Crippen molar-refractivity contribution in [3.63, 3.8) is 0 Å². The quantitative estimate of drug-likeness (QED) is 0.742. The Balaban J connectivity index is 2.48. The molecule has 0 aliphatic carbocycles. The smallest absolute Gasteiger partial charge is 0.325 e. The van der Waals surface area contributed by atoms with Crippen LogP contribution < -0.4 is 11.2 Å². The van der Waals surface area contributed by atoms with Crippen LogP contribution in [-0.2, 0) is 13.1 Å². The second kappa shape index (κ2) is 5.46. The summed E-state index contributed by atoms with van der Waals surface area (Å²) in [6.45, 7) is 4.60. The van der Waals surface area contributed by atoms with Gasteiger partial charge in [0, 0.05) is 18.1 Å². The number of nitrogens with zero attached hydrogens (tertiary/aromatic N) is 4. The Kier molecular flexibility index (Phi) is 3.62. The molecule has 6 nitrogen and oxygen atoms in total. The van der Waals surface area contributed by atoms with Crippen molar-refractivity contribution in [2.75, 3.05) is 0 Å². The van der Waals surface area contributed by atoms with Crippen LogP contribution in [0.25, 0.3) is 16.9 Å². The lowest BCUT2D eigenvalue weighted by molar-refractivity contribution is 0.653. The zero-order chi connectivity index (χ0) is 15.9. The minimum Gasteiger partial charge on any atom is -0.325 e. The molecule has 0 aliphatic rings. The van der Waals surface area contributed by atoms with E-state index >= 15 is 0 Å². The largest absolute Gasteiger partial charge is 0.337 e. The maximum Gasteiger partial charge on any atom is 0.337 e. The topological polar surface area (TPSA) is 61.8 Å². The summed E-state index contributed by atoms with van der Waals surface area (Å²) in [6, 6.07) is 6.87. The fourth-order valence-electron chi connectivity index (χ4n) is 2.52. The second-order valence-corrected chi connectivity index (χ2v) is 5.28. The molecule has 3 aromatic rings. The first-order valence-corrected chi connectivity index (χ1v) is 7.42. The van der Waals surface area contributed by atoms with Gasteiger partial charge in [-0.15, -0.1) is 0 Å². The van der Waals surface area contributed by atoms with E-state index in [1.54, 1.807) is 42.1 Å². The number of hydrogen-bond donors (Lipinski definition) is 0. The van der Waals surface area contributed by atoms with E-state index < -0.39 is 5.69 Å². The van der Waals surface area contributed by atoms with Crippen LogP contribution in [0.5, 0.6) is 0 Å². The monoisotopic (exact) mass is 318 g/mol. The summed E-state index contributed by atoms with van der Waals surface area (Å²) in [5.74, 6) is 0. The minimum absolute atomic E-state index is 0.302. The first-order chi connectivity index (χ1) is 10.6. The lowest BCUT2D eigenvalue weighted by Gasteiger charge is -2.11. The molecule has 0 saturated carbocycles. The summed E-state index contributed by atoms with van der Waals surface area (Å²) in [5, 5.41) is 0.580. The first-order valence-electron chi connectivity index (χ1n) is 7.05. The number of halogens is 1. The standard InChI is InChI=1S/C15H15ClN4O2/c1-3-18-9-17-13-12(18)14(21)19(4-2)15(22)20(13)11-7-5-10(16)6-8-11/h5-9H,3-4H2,1-2H3. The lowest BCUT2D eigenvalue weighted by Crippen LogP contribution is -2.39. The van der Waals surface area contributed by atoms with Crippen LogP contribution in [0.1, 0.15) is 13.8 Å². The van der Waals surface area contributed by atoms with Gasteiger partial charge in [0.2, 0.25) is 0 Å². The van der Waals surface area contributed by atoms with E-state index in [4.69, 9.17) is 11.6 Å². The van der Waals surface area contributed by atoms with E-state index in [1.165, 1.54) is 9.13 Å². The van der Waals surface area contributed by atoms with Gasteiger partial charge in [-0.1, -0.05) is 11.6 Å². The molecule has 2 aromatic heterocycles. The molecular weight excluding hydrogens is 304 g/mol. The molecule has 0 N–H and O–H groups in total. The SMILES string of the molecule is CCn1c(=O)c2c(ncn2CC)n(-c2ccc(Cl)cc2)c1=O. The number of aromatic nitrogens is 4. The zero-order valence-corrected chi connectivity index (χ0v) is 13.0. The summed E-state index contributed by atoms with van der Waals surface area (Å²) >= 11 is 5.91.